The summed E-state index contributed by atoms with van der Waals surface area (Å²) in [7, 11) is 0. The van der Waals surface area contributed by atoms with Gasteiger partial charge in [-0.2, -0.15) is 0 Å². The Morgan fingerprint density at radius 1 is 1.21 bits per heavy atom. The number of ether oxygens (including phenoxy) is 1. The van der Waals surface area contributed by atoms with Crippen molar-refractivity contribution in [3.63, 3.8) is 0 Å². The lowest BCUT2D eigenvalue weighted by atomic mass is 9.99. The third-order valence-corrected chi connectivity index (χ3v) is 4.11. The number of aryl methyl sites for hydroxylation is 1. The molecule has 1 atom stereocenters. The second kappa shape index (κ2) is 9.50. The topological polar surface area (TPSA) is 119 Å². The molecule has 0 aliphatic carbocycles. The lowest BCUT2D eigenvalue weighted by Gasteiger charge is -2.14. The van der Waals surface area contributed by atoms with Gasteiger partial charge in [0.2, 0.25) is 0 Å². The van der Waals surface area contributed by atoms with Gasteiger partial charge in [0.05, 0.1) is 17.4 Å². The first-order valence-corrected chi connectivity index (χ1v) is 8.79. The Balaban J connectivity index is 2.04. The minimum absolute atomic E-state index is 0.0941. The van der Waals surface area contributed by atoms with Gasteiger partial charge >= 0.3 is 5.97 Å². The fourth-order valence-electron chi connectivity index (χ4n) is 2.74. The summed E-state index contributed by atoms with van der Waals surface area (Å²) < 4.78 is 5.36. The quantitative estimate of drug-likeness (QED) is 0.505. The van der Waals surface area contributed by atoms with E-state index in [1.54, 1.807) is 31.2 Å². The van der Waals surface area contributed by atoms with Gasteiger partial charge in [0, 0.05) is 24.2 Å². The molecule has 0 saturated heterocycles. The number of amides is 1. The maximum atomic E-state index is 12.3. The van der Waals surface area contributed by atoms with Gasteiger partial charge in [-0.05, 0) is 49.6 Å². The molecule has 0 heterocycles. The van der Waals surface area contributed by atoms with Gasteiger partial charge in [-0.3, -0.25) is 19.7 Å². The van der Waals surface area contributed by atoms with Gasteiger partial charge in [0.15, 0.2) is 0 Å². The Morgan fingerprint density at radius 2 is 1.89 bits per heavy atom. The molecule has 2 N–H and O–H groups in total. The van der Waals surface area contributed by atoms with E-state index in [0.717, 1.165) is 5.56 Å². The number of hydrogen-bond acceptors (Lipinski definition) is 5. The molecule has 1 unspecified atom stereocenters. The van der Waals surface area contributed by atoms with Crippen LogP contribution in [0.3, 0.4) is 0 Å². The number of nitrogens with one attached hydrogen (secondary N) is 1. The van der Waals surface area contributed by atoms with Crippen LogP contribution >= 0.6 is 0 Å². The van der Waals surface area contributed by atoms with Crippen LogP contribution in [0.5, 0.6) is 5.75 Å². The van der Waals surface area contributed by atoms with E-state index in [0.29, 0.717) is 17.9 Å². The molecule has 1 amide bonds. The molecule has 0 saturated carbocycles. The van der Waals surface area contributed by atoms with Gasteiger partial charge in [0.25, 0.3) is 11.6 Å². The Morgan fingerprint density at radius 3 is 2.46 bits per heavy atom. The van der Waals surface area contributed by atoms with Crippen LogP contribution in [0.1, 0.15) is 28.4 Å². The molecule has 148 valence electrons. The number of hydrogen-bond donors (Lipinski definition) is 2. The third-order valence-electron chi connectivity index (χ3n) is 4.11. The number of rotatable bonds is 9. The van der Waals surface area contributed by atoms with Crippen molar-refractivity contribution in [3.05, 3.63) is 69.3 Å². The molecular weight excluding hydrogens is 364 g/mol. The van der Waals surface area contributed by atoms with E-state index in [1.807, 2.05) is 6.92 Å². The average Bonchev–Trinajstić information content (AvgIpc) is 2.65. The highest BCUT2D eigenvalue weighted by Crippen LogP contribution is 2.18. The molecule has 0 bridgehead atoms. The number of carbonyl (C=O) groups excluding carboxylic acids is 1. The average molecular weight is 386 g/mol. The third kappa shape index (κ3) is 5.80. The lowest BCUT2D eigenvalue weighted by Crippen LogP contribution is -2.34. The first-order chi connectivity index (χ1) is 13.3. The SMILES string of the molecule is CCOc1ccc(CC(CNC(=O)c2cc(C)cc([N+](=O)[O-])c2)C(=O)O)cc1. The van der Waals surface area contributed by atoms with E-state index in [-0.39, 0.29) is 24.2 Å². The summed E-state index contributed by atoms with van der Waals surface area (Å²) in [6, 6.07) is 11.2. The lowest BCUT2D eigenvalue weighted by molar-refractivity contribution is -0.384. The van der Waals surface area contributed by atoms with Crippen molar-refractivity contribution in [1.29, 1.82) is 0 Å². The van der Waals surface area contributed by atoms with E-state index in [9.17, 15) is 24.8 Å². The number of nitrogens with zero attached hydrogens (tertiary/aromatic N) is 1. The van der Waals surface area contributed by atoms with Crippen LogP contribution in [0.25, 0.3) is 0 Å². The summed E-state index contributed by atoms with van der Waals surface area (Å²) in [6.45, 7) is 3.97. The minimum atomic E-state index is -1.04. The number of carboxylic acid groups (broad SMARTS) is 1. The summed E-state index contributed by atoms with van der Waals surface area (Å²) in [4.78, 5) is 34.2. The number of nitro benzene ring substituents is 1. The van der Waals surface area contributed by atoms with E-state index >= 15 is 0 Å². The van der Waals surface area contributed by atoms with Gasteiger partial charge < -0.3 is 15.2 Å². The van der Waals surface area contributed by atoms with E-state index in [2.05, 4.69) is 5.32 Å². The van der Waals surface area contributed by atoms with Gasteiger partial charge in [0.1, 0.15) is 5.75 Å². The van der Waals surface area contributed by atoms with Crippen molar-refractivity contribution in [2.45, 2.75) is 20.3 Å². The van der Waals surface area contributed by atoms with E-state index < -0.39 is 22.7 Å². The van der Waals surface area contributed by atoms with Crippen LogP contribution in [0.15, 0.2) is 42.5 Å². The smallest absolute Gasteiger partial charge is 0.308 e. The van der Waals surface area contributed by atoms with Crippen LogP contribution < -0.4 is 10.1 Å². The molecule has 0 aliphatic rings. The zero-order valence-corrected chi connectivity index (χ0v) is 15.7. The molecule has 0 aromatic heterocycles. The summed E-state index contributed by atoms with van der Waals surface area (Å²) in [6.07, 6.45) is 0.232. The van der Waals surface area contributed by atoms with Crippen LogP contribution in [0.2, 0.25) is 0 Å². The molecule has 2 rings (SSSR count). The van der Waals surface area contributed by atoms with Gasteiger partial charge in [-0.1, -0.05) is 12.1 Å². The van der Waals surface area contributed by atoms with Crippen molar-refractivity contribution in [1.82, 2.24) is 5.32 Å². The molecular formula is C20H22N2O6. The monoisotopic (exact) mass is 386 g/mol. The van der Waals surface area contributed by atoms with Gasteiger partial charge in [-0.25, -0.2) is 0 Å². The Labute approximate surface area is 162 Å². The number of aliphatic carboxylic acids is 1. The summed E-state index contributed by atoms with van der Waals surface area (Å²) in [5.74, 6) is -1.72. The number of carbonyl (C=O) groups is 2. The van der Waals surface area contributed by atoms with Crippen LogP contribution in [-0.2, 0) is 11.2 Å². The molecule has 28 heavy (non-hydrogen) atoms. The van der Waals surface area contributed by atoms with Crippen molar-refractivity contribution < 1.29 is 24.4 Å². The highest BCUT2D eigenvalue weighted by atomic mass is 16.6. The van der Waals surface area contributed by atoms with Crippen LogP contribution in [-0.4, -0.2) is 35.1 Å². The zero-order valence-electron chi connectivity index (χ0n) is 15.7. The summed E-state index contributed by atoms with van der Waals surface area (Å²) in [5, 5.41) is 22.9. The normalized spacial score (nSPS) is 11.5. The van der Waals surface area contributed by atoms with Crippen molar-refractivity contribution in [3.8, 4) is 5.75 Å². The molecule has 8 nitrogen and oxygen atoms in total. The maximum Gasteiger partial charge on any atom is 0.308 e. The minimum Gasteiger partial charge on any atom is -0.494 e. The molecule has 0 fully saturated rings. The Kier molecular flexibility index (Phi) is 7.08. The zero-order chi connectivity index (χ0) is 20.7. The maximum absolute atomic E-state index is 12.3. The second-order valence-corrected chi connectivity index (χ2v) is 6.34. The largest absolute Gasteiger partial charge is 0.494 e. The van der Waals surface area contributed by atoms with Crippen molar-refractivity contribution in [2.24, 2.45) is 5.92 Å². The fraction of sp³-hybridized carbons (Fsp3) is 0.300. The highest BCUT2D eigenvalue weighted by molar-refractivity contribution is 5.95. The number of carboxylic acids is 1. The van der Waals surface area contributed by atoms with Crippen LogP contribution in [0, 0.1) is 23.0 Å². The van der Waals surface area contributed by atoms with Gasteiger partial charge in [-0.15, -0.1) is 0 Å². The number of nitro groups is 1. The first kappa shape index (κ1) is 20.9. The molecule has 0 spiro atoms. The number of non-ortho nitro benzene ring substituents is 1. The van der Waals surface area contributed by atoms with Crippen molar-refractivity contribution >= 4 is 17.6 Å². The molecule has 8 heteroatoms. The first-order valence-electron chi connectivity index (χ1n) is 8.79. The fourth-order valence-corrected chi connectivity index (χ4v) is 2.74. The van der Waals surface area contributed by atoms with E-state index in [4.69, 9.17) is 4.74 Å². The molecule has 0 aliphatic heterocycles. The predicted molar refractivity (Wildman–Crippen MR) is 103 cm³/mol. The second-order valence-electron chi connectivity index (χ2n) is 6.34. The molecule has 2 aromatic rings. The van der Waals surface area contributed by atoms with Crippen molar-refractivity contribution in [2.75, 3.05) is 13.2 Å². The summed E-state index contributed by atoms with van der Waals surface area (Å²) >= 11 is 0. The Bertz CT molecular complexity index is 863. The Hall–Kier alpha value is -3.42. The van der Waals surface area contributed by atoms with E-state index in [1.165, 1.54) is 18.2 Å². The van der Waals surface area contributed by atoms with Crippen LogP contribution in [0.4, 0.5) is 5.69 Å². The standard InChI is InChI=1S/C20H22N2O6/c1-3-28-18-6-4-14(5-7-18)10-16(20(24)25)12-21-19(23)15-8-13(2)9-17(11-15)22(26)27/h4-9,11,16H,3,10,12H2,1-2H3,(H,21,23)(H,24,25). The predicted octanol–water partition coefficient (Wildman–Crippen LogP) is 2.98. The molecule has 0 radical (unpaired) electrons. The number of benzene rings is 2. The highest BCUT2D eigenvalue weighted by Gasteiger charge is 2.20. The summed E-state index contributed by atoms with van der Waals surface area (Å²) in [5.41, 5.74) is 1.31. The molecule has 2 aromatic carbocycles.